The molecule has 2 aliphatic rings. The second-order valence-electron chi connectivity index (χ2n) is 6.31. The molecule has 1 aromatic heterocycles. The first-order chi connectivity index (χ1) is 10.7. The summed E-state index contributed by atoms with van der Waals surface area (Å²) < 4.78 is 0. The summed E-state index contributed by atoms with van der Waals surface area (Å²) in [6, 6.07) is 8.68. The van der Waals surface area contributed by atoms with Gasteiger partial charge in [-0.05, 0) is 43.9 Å². The van der Waals surface area contributed by atoms with Crippen molar-refractivity contribution in [3.8, 4) is 0 Å². The molecule has 4 rings (SSSR count). The number of aromatic nitrogens is 1. The van der Waals surface area contributed by atoms with Gasteiger partial charge in [-0.2, -0.15) is 0 Å². The third-order valence-electron chi connectivity index (χ3n) is 4.72. The predicted octanol–water partition coefficient (Wildman–Crippen LogP) is 2.90. The number of hydrogen-bond acceptors (Lipinski definition) is 3. The van der Waals surface area contributed by atoms with E-state index in [1.807, 2.05) is 18.2 Å². The molecule has 0 saturated carbocycles. The highest BCUT2D eigenvalue weighted by molar-refractivity contribution is 6.32. The van der Waals surface area contributed by atoms with Crippen LogP contribution in [0.5, 0.6) is 0 Å². The lowest BCUT2D eigenvalue weighted by atomic mass is 9.99. The summed E-state index contributed by atoms with van der Waals surface area (Å²) in [5, 5.41) is 8.22. The van der Waals surface area contributed by atoms with Gasteiger partial charge in [-0.15, -0.1) is 0 Å². The molecule has 2 aromatic rings. The number of pyridine rings is 1. The summed E-state index contributed by atoms with van der Waals surface area (Å²) in [5.41, 5.74) is 1.27. The molecular formula is C17H18ClN3O. The van der Waals surface area contributed by atoms with Crippen molar-refractivity contribution >= 4 is 28.4 Å². The molecule has 0 radical (unpaired) electrons. The topological polar surface area (TPSA) is 54.0 Å². The van der Waals surface area contributed by atoms with Gasteiger partial charge in [0.25, 0.3) is 5.91 Å². The molecule has 2 atom stereocenters. The number of nitrogens with one attached hydrogen (secondary N) is 2. The maximum Gasteiger partial charge on any atom is 0.253 e. The molecule has 2 saturated heterocycles. The summed E-state index contributed by atoms with van der Waals surface area (Å²) >= 11 is 6.15. The van der Waals surface area contributed by atoms with E-state index in [4.69, 9.17) is 11.6 Å². The maximum absolute atomic E-state index is 12.7. The quantitative estimate of drug-likeness (QED) is 0.896. The van der Waals surface area contributed by atoms with E-state index >= 15 is 0 Å². The average molecular weight is 316 g/mol. The van der Waals surface area contributed by atoms with E-state index in [2.05, 4.69) is 15.6 Å². The number of amides is 1. The average Bonchev–Trinajstić information content (AvgIpc) is 2.85. The molecule has 2 aliphatic heterocycles. The van der Waals surface area contributed by atoms with Crippen LogP contribution in [-0.2, 0) is 0 Å². The van der Waals surface area contributed by atoms with Crippen LogP contribution in [0.4, 0.5) is 0 Å². The number of nitrogens with zero attached hydrogens (tertiary/aromatic N) is 1. The van der Waals surface area contributed by atoms with Crippen LogP contribution < -0.4 is 10.6 Å². The van der Waals surface area contributed by atoms with E-state index in [0.717, 1.165) is 18.2 Å². The Balaban J connectivity index is 1.60. The van der Waals surface area contributed by atoms with Crippen LogP contribution in [0.3, 0.4) is 0 Å². The van der Waals surface area contributed by atoms with Gasteiger partial charge in [0.15, 0.2) is 0 Å². The van der Waals surface area contributed by atoms with Crippen molar-refractivity contribution in [1.29, 1.82) is 0 Å². The van der Waals surface area contributed by atoms with Crippen molar-refractivity contribution in [2.24, 2.45) is 0 Å². The molecule has 2 N–H and O–H groups in total. The molecule has 5 heteroatoms. The van der Waals surface area contributed by atoms with Crippen molar-refractivity contribution in [3.63, 3.8) is 0 Å². The van der Waals surface area contributed by atoms with Gasteiger partial charge in [0, 0.05) is 34.7 Å². The minimum absolute atomic E-state index is 0.0718. The number of piperidine rings is 1. The van der Waals surface area contributed by atoms with Gasteiger partial charge in [-0.25, -0.2) is 0 Å². The third-order valence-corrected chi connectivity index (χ3v) is 4.94. The molecular weight excluding hydrogens is 298 g/mol. The van der Waals surface area contributed by atoms with E-state index in [1.54, 1.807) is 12.3 Å². The molecule has 2 fully saturated rings. The summed E-state index contributed by atoms with van der Waals surface area (Å²) in [5.74, 6) is -0.0718. The molecule has 2 unspecified atom stereocenters. The number of carbonyl (C=O) groups excluding carboxylic acids is 1. The molecule has 0 spiro atoms. The Labute approximate surface area is 134 Å². The summed E-state index contributed by atoms with van der Waals surface area (Å²) in [7, 11) is 0. The minimum atomic E-state index is -0.0718. The van der Waals surface area contributed by atoms with Crippen LogP contribution in [0.25, 0.3) is 10.9 Å². The zero-order valence-electron chi connectivity index (χ0n) is 12.2. The molecule has 22 heavy (non-hydrogen) atoms. The second-order valence-corrected chi connectivity index (χ2v) is 6.74. The lowest BCUT2D eigenvalue weighted by Crippen LogP contribution is -2.48. The zero-order valence-corrected chi connectivity index (χ0v) is 12.9. The van der Waals surface area contributed by atoms with E-state index in [1.165, 1.54) is 12.8 Å². The first-order valence-electron chi connectivity index (χ1n) is 7.80. The van der Waals surface area contributed by atoms with Crippen molar-refractivity contribution in [3.05, 3.63) is 41.0 Å². The Morgan fingerprint density at radius 1 is 1.27 bits per heavy atom. The fraction of sp³-hybridized carbons (Fsp3) is 0.412. The van der Waals surface area contributed by atoms with Crippen LogP contribution in [-0.4, -0.2) is 29.0 Å². The van der Waals surface area contributed by atoms with E-state index in [9.17, 15) is 4.79 Å². The van der Waals surface area contributed by atoms with Crippen LogP contribution in [0, 0.1) is 0 Å². The Kier molecular flexibility index (Phi) is 3.51. The van der Waals surface area contributed by atoms with Crippen molar-refractivity contribution in [2.75, 3.05) is 0 Å². The van der Waals surface area contributed by atoms with Crippen molar-refractivity contribution < 1.29 is 4.79 Å². The first kappa shape index (κ1) is 14.0. The van der Waals surface area contributed by atoms with Crippen molar-refractivity contribution in [1.82, 2.24) is 15.6 Å². The lowest BCUT2D eigenvalue weighted by Gasteiger charge is -2.29. The monoisotopic (exact) mass is 315 g/mol. The Bertz CT molecular complexity index is 721. The van der Waals surface area contributed by atoms with Crippen LogP contribution in [0.15, 0.2) is 30.5 Å². The van der Waals surface area contributed by atoms with Gasteiger partial charge in [-0.3, -0.25) is 9.78 Å². The first-order valence-corrected chi connectivity index (χ1v) is 8.18. The van der Waals surface area contributed by atoms with Crippen LogP contribution >= 0.6 is 11.6 Å². The number of halogens is 1. The van der Waals surface area contributed by atoms with Crippen LogP contribution in [0.1, 0.15) is 36.0 Å². The normalized spacial score (nSPS) is 27.0. The van der Waals surface area contributed by atoms with Gasteiger partial charge in [0.2, 0.25) is 0 Å². The molecule has 2 bridgehead atoms. The number of hydrogen-bond donors (Lipinski definition) is 2. The molecule has 0 aliphatic carbocycles. The van der Waals surface area contributed by atoms with Gasteiger partial charge < -0.3 is 10.6 Å². The highest BCUT2D eigenvalue weighted by Gasteiger charge is 2.34. The van der Waals surface area contributed by atoms with Crippen molar-refractivity contribution in [2.45, 2.75) is 43.8 Å². The van der Waals surface area contributed by atoms with Crippen LogP contribution in [0.2, 0.25) is 5.02 Å². The molecule has 3 heterocycles. The SMILES string of the molecule is O=C(NC1CC2CCC(C1)N2)c1cc(Cl)cc2cccnc12. The van der Waals surface area contributed by atoms with Gasteiger partial charge in [-0.1, -0.05) is 17.7 Å². The fourth-order valence-electron chi connectivity index (χ4n) is 3.77. The van der Waals surface area contributed by atoms with E-state index < -0.39 is 0 Å². The predicted molar refractivity (Wildman–Crippen MR) is 87.2 cm³/mol. The second kappa shape index (κ2) is 5.52. The standard InChI is InChI=1S/C17H18ClN3O/c18-11-6-10-2-1-5-19-16(10)15(7-11)17(22)21-14-8-12-3-4-13(9-14)20-12/h1-2,5-7,12-14,20H,3-4,8-9H2,(H,21,22). The van der Waals surface area contributed by atoms with E-state index in [-0.39, 0.29) is 11.9 Å². The zero-order chi connectivity index (χ0) is 15.1. The number of carbonyl (C=O) groups is 1. The van der Waals surface area contributed by atoms with Gasteiger partial charge in [0.05, 0.1) is 11.1 Å². The largest absolute Gasteiger partial charge is 0.349 e. The van der Waals surface area contributed by atoms with Gasteiger partial charge in [0.1, 0.15) is 0 Å². The Morgan fingerprint density at radius 3 is 2.82 bits per heavy atom. The molecule has 1 amide bonds. The third kappa shape index (κ3) is 2.57. The number of rotatable bonds is 2. The van der Waals surface area contributed by atoms with E-state index in [0.29, 0.717) is 28.2 Å². The molecule has 114 valence electrons. The Hall–Kier alpha value is -1.65. The minimum Gasteiger partial charge on any atom is -0.349 e. The molecule has 1 aromatic carbocycles. The Morgan fingerprint density at radius 2 is 2.05 bits per heavy atom. The fourth-order valence-corrected chi connectivity index (χ4v) is 3.99. The summed E-state index contributed by atoms with van der Waals surface area (Å²) in [4.78, 5) is 17.0. The number of benzene rings is 1. The maximum atomic E-state index is 12.7. The highest BCUT2D eigenvalue weighted by Crippen LogP contribution is 2.28. The highest BCUT2D eigenvalue weighted by atomic mass is 35.5. The smallest absolute Gasteiger partial charge is 0.253 e. The lowest BCUT2D eigenvalue weighted by molar-refractivity contribution is 0.0925. The summed E-state index contributed by atoms with van der Waals surface area (Å²) in [6.45, 7) is 0. The number of fused-ring (bicyclic) bond motifs is 3. The summed E-state index contributed by atoms with van der Waals surface area (Å²) in [6.07, 6.45) is 6.16. The molecule has 4 nitrogen and oxygen atoms in total. The van der Waals surface area contributed by atoms with Gasteiger partial charge >= 0.3 is 0 Å².